The fourth-order valence-electron chi connectivity index (χ4n) is 1.17. The van der Waals surface area contributed by atoms with Crippen LogP contribution in [0.25, 0.3) is 0 Å². The lowest BCUT2D eigenvalue weighted by molar-refractivity contribution is 0.0515. The van der Waals surface area contributed by atoms with Crippen molar-refractivity contribution in [3.8, 4) is 0 Å². The topological polar surface area (TPSA) is 95.6 Å². The lowest BCUT2D eigenvalue weighted by Crippen LogP contribution is -2.21. The van der Waals surface area contributed by atoms with Gasteiger partial charge < -0.3 is 20.8 Å². The molecule has 0 bridgehead atoms. The summed E-state index contributed by atoms with van der Waals surface area (Å²) >= 11 is 0. The van der Waals surface area contributed by atoms with Crippen molar-refractivity contribution in [3.63, 3.8) is 0 Å². The van der Waals surface area contributed by atoms with Gasteiger partial charge in [-0.3, -0.25) is 0 Å². The molecule has 0 aliphatic rings. The summed E-state index contributed by atoms with van der Waals surface area (Å²) in [5.41, 5.74) is 11.4. The maximum absolute atomic E-state index is 11.4. The van der Waals surface area contributed by atoms with E-state index in [0.29, 0.717) is 18.0 Å². The SMILES string of the molecule is CCOC(=O)c1cc(N=C(N)N)cn1C. The van der Waals surface area contributed by atoms with E-state index in [9.17, 15) is 4.79 Å². The fraction of sp³-hybridized carbons (Fsp3) is 0.333. The number of rotatable bonds is 3. The van der Waals surface area contributed by atoms with Crippen molar-refractivity contribution in [2.75, 3.05) is 6.61 Å². The summed E-state index contributed by atoms with van der Waals surface area (Å²) in [5, 5.41) is 0. The van der Waals surface area contributed by atoms with Gasteiger partial charge in [0.2, 0.25) is 0 Å². The van der Waals surface area contributed by atoms with Crippen LogP contribution in [-0.4, -0.2) is 23.1 Å². The zero-order valence-corrected chi connectivity index (χ0v) is 8.73. The Balaban J connectivity index is 2.96. The first-order chi connectivity index (χ1) is 7.04. The largest absolute Gasteiger partial charge is 0.461 e. The molecule has 0 unspecified atom stereocenters. The molecule has 0 amide bonds. The highest BCUT2D eigenvalue weighted by Gasteiger charge is 2.12. The van der Waals surface area contributed by atoms with Gasteiger partial charge in [-0.25, -0.2) is 9.79 Å². The zero-order valence-electron chi connectivity index (χ0n) is 8.73. The van der Waals surface area contributed by atoms with Gasteiger partial charge in [0.1, 0.15) is 5.69 Å². The fourth-order valence-corrected chi connectivity index (χ4v) is 1.17. The van der Waals surface area contributed by atoms with E-state index >= 15 is 0 Å². The molecule has 1 rings (SSSR count). The second-order valence-corrected chi connectivity index (χ2v) is 2.95. The first kappa shape index (κ1) is 11.1. The number of ether oxygens (including phenoxy) is 1. The first-order valence-electron chi connectivity index (χ1n) is 4.47. The third kappa shape index (κ3) is 2.73. The predicted molar refractivity (Wildman–Crippen MR) is 56.8 cm³/mol. The Bertz CT molecular complexity index is 391. The van der Waals surface area contributed by atoms with E-state index in [4.69, 9.17) is 16.2 Å². The molecule has 0 saturated heterocycles. The van der Waals surface area contributed by atoms with Crippen molar-refractivity contribution in [2.24, 2.45) is 23.5 Å². The summed E-state index contributed by atoms with van der Waals surface area (Å²) in [4.78, 5) is 15.2. The van der Waals surface area contributed by atoms with Crippen molar-refractivity contribution < 1.29 is 9.53 Å². The molecule has 4 N–H and O–H groups in total. The van der Waals surface area contributed by atoms with E-state index in [-0.39, 0.29) is 5.96 Å². The van der Waals surface area contributed by atoms with Crippen LogP contribution in [-0.2, 0) is 11.8 Å². The molecule has 15 heavy (non-hydrogen) atoms. The number of hydrogen-bond acceptors (Lipinski definition) is 3. The summed E-state index contributed by atoms with van der Waals surface area (Å²) in [6.07, 6.45) is 1.64. The monoisotopic (exact) mass is 210 g/mol. The van der Waals surface area contributed by atoms with Crippen LogP contribution in [0.5, 0.6) is 0 Å². The summed E-state index contributed by atoms with van der Waals surface area (Å²) in [6.45, 7) is 2.08. The summed E-state index contributed by atoms with van der Waals surface area (Å²) < 4.78 is 6.47. The van der Waals surface area contributed by atoms with E-state index in [1.165, 1.54) is 0 Å². The summed E-state index contributed by atoms with van der Waals surface area (Å²) in [7, 11) is 1.72. The number of carbonyl (C=O) groups is 1. The lowest BCUT2D eigenvalue weighted by Gasteiger charge is -2.01. The smallest absolute Gasteiger partial charge is 0.355 e. The molecule has 1 aromatic rings. The summed E-state index contributed by atoms with van der Waals surface area (Å²) in [5.74, 6) is -0.437. The second kappa shape index (κ2) is 4.50. The van der Waals surface area contributed by atoms with Gasteiger partial charge in [0, 0.05) is 13.2 Å². The van der Waals surface area contributed by atoms with Crippen molar-refractivity contribution >= 4 is 17.6 Å². The van der Waals surface area contributed by atoms with Crippen molar-refractivity contribution in [1.29, 1.82) is 0 Å². The van der Waals surface area contributed by atoms with Gasteiger partial charge in [0.25, 0.3) is 0 Å². The minimum absolute atomic E-state index is 0.0454. The van der Waals surface area contributed by atoms with E-state index in [1.807, 2.05) is 0 Å². The highest BCUT2D eigenvalue weighted by atomic mass is 16.5. The van der Waals surface area contributed by atoms with Crippen LogP contribution in [0, 0.1) is 0 Å². The molecule has 0 aromatic carbocycles. The maximum Gasteiger partial charge on any atom is 0.355 e. The number of hydrogen-bond donors (Lipinski definition) is 2. The van der Waals surface area contributed by atoms with Gasteiger partial charge in [0.05, 0.1) is 12.3 Å². The van der Waals surface area contributed by atoms with Crippen molar-refractivity contribution in [2.45, 2.75) is 6.92 Å². The predicted octanol–water partition coefficient (Wildman–Crippen LogP) is 0.107. The number of nitrogens with zero attached hydrogens (tertiary/aromatic N) is 2. The molecule has 1 heterocycles. The minimum Gasteiger partial charge on any atom is -0.461 e. The van der Waals surface area contributed by atoms with Crippen LogP contribution >= 0.6 is 0 Å². The highest BCUT2D eigenvalue weighted by Crippen LogP contribution is 2.16. The molecule has 82 valence electrons. The van der Waals surface area contributed by atoms with E-state index in [1.54, 1.807) is 30.8 Å². The molecule has 0 fully saturated rings. The van der Waals surface area contributed by atoms with E-state index < -0.39 is 5.97 Å². The van der Waals surface area contributed by atoms with Crippen molar-refractivity contribution in [1.82, 2.24) is 4.57 Å². The van der Waals surface area contributed by atoms with Crippen LogP contribution in [0.1, 0.15) is 17.4 Å². The van der Waals surface area contributed by atoms with Crippen LogP contribution in [0.15, 0.2) is 17.3 Å². The Morgan fingerprint density at radius 3 is 2.80 bits per heavy atom. The minimum atomic E-state index is -0.392. The number of aliphatic imine (C=N–C) groups is 1. The highest BCUT2D eigenvalue weighted by molar-refractivity contribution is 5.89. The van der Waals surface area contributed by atoms with Gasteiger partial charge in [-0.05, 0) is 13.0 Å². The second-order valence-electron chi connectivity index (χ2n) is 2.95. The standard InChI is InChI=1S/C9H14N4O2/c1-3-15-8(14)7-4-6(5-13(7)2)12-9(10)11/h4-5H,3H2,1-2H3,(H4,10,11,12). The van der Waals surface area contributed by atoms with Crippen LogP contribution in [0.2, 0.25) is 0 Å². The summed E-state index contributed by atoms with van der Waals surface area (Å²) in [6, 6.07) is 1.57. The molecule has 6 heteroatoms. The van der Waals surface area contributed by atoms with Gasteiger partial charge in [0.15, 0.2) is 5.96 Å². The number of nitrogens with two attached hydrogens (primary N) is 2. The molecule has 0 spiro atoms. The molecule has 0 saturated carbocycles. The molecule has 6 nitrogen and oxygen atoms in total. The Kier molecular flexibility index (Phi) is 3.33. The zero-order chi connectivity index (χ0) is 11.4. The molecule has 0 aliphatic carbocycles. The third-order valence-electron chi connectivity index (χ3n) is 1.73. The normalized spacial score (nSPS) is 9.73. The molecular weight excluding hydrogens is 196 g/mol. The van der Waals surface area contributed by atoms with Gasteiger partial charge in [-0.15, -0.1) is 0 Å². The van der Waals surface area contributed by atoms with E-state index in [2.05, 4.69) is 4.99 Å². The van der Waals surface area contributed by atoms with Crippen LogP contribution < -0.4 is 11.5 Å². The number of carbonyl (C=O) groups excluding carboxylic acids is 1. The average Bonchev–Trinajstić information content (AvgIpc) is 2.46. The molecule has 0 aliphatic heterocycles. The third-order valence-corrected chi connectivity index (χ3v) is 1.73. The first-order valence-corrected chi connectivity index (χ1v) is 4.47. The molecular formula is C9H14N4O2. The quantitative estimate of drug-likeness (QED) is 0.420. The Hall–Kier alpha value is -1.98. The molecule has 0 radical (unpaired) electrons. The van der Waals surface area contributed by atoms with Crippen molar-refractivity contribution in [3.05, 3.63) is 18.0 Å². The Labute approximate surface area is 87.5 Å². The Morgan fingerprint density at radius 1 is 1.60 bits per heavy atom. The molecule has 0 atom stereocenters. The lowest BCUT2D eigenvalue weighted by atomic mass is 10.4. The number of aryl methyl sites for hydroxylation is 1. The molecule has 1 aromatic heterocycles. The number of aromatic nitrogens is 1. The van der Waals surface area contributed by atoms with E-state index in [0.717, 1.165) is 0 Å². The average molecular weight is 210 g/mol. The van der Waals surface area contributed by atoms with Gasteiger partial charge in [-0.1, -0.05) is 0 Å². The van der Waals surface area contributed by atoms with Crippen LogP contribution in [0.3, 0.4) is 0 Å². The Morgan fingerprint density at radius 2 is 2.27 bits per heavy atom. The maximum atomic E-state index is 11.4. The number of esters is 1. The van der Waals surface area contributed by atoms with Gasteiger partial charge >= 0.3 is 5.97 Å². The number of guanidine groups is 1. The van der Waals surface area contributed by atoms with Gasteiger partial charge in [-0.2, -0.15) is 0 Å². The van der Waals surface area contributed by atoms with Crippen LogP contribution in [0.4, 0.5) is 5.69 Å².